The summed E-state index contributed by atoms with van der Waals surface area (Å²) in [6.45, 7) is 3.17. The zero-order valence-corrected chi connectivity index (χ0v) is 11.9. The lowest BCUT2D eigenvalue weighted by molar-refractivity contribution is -0.131. The summed E-state index contributed by atoms with van der Waals surface area (Å²) >= 11 is 0. The molecule has 2 rings (SSSR count). The smallest absolute Gasteiger partial charge is 0.222 e. The van der Waals surface area contributed by atoms with Gasteiger partial charge < -0.3 is 10.0 Å². The number of aliphatic hydroxyl groups is 1. The second-order valence-corrected chi connectivity index (χ2v) is 5.86. The average molecular weight is 279 g/mol. The van der Waals surface area contributed by atoms with Crippen LogP contribution in [0.5, 0.6) is 0 Å². The minimum Gasteiger partial charge on any atom is -0.390 e. The Labute approximate surface area is 119 Å². The molecule has 0 aliphatic carbocycles. The van der Waals surface area contributed by atoms with Gasteiger partial charge in [0.2, 0.25) is 5.91 Å². The minimum absolute atomic E-state index is 0.118. The van der Waals surface area contributed by atoms with Crippen LogP contribution in [0.2, 0.25) is 0 Å². The molecule has 3 nitrogen and oxygen atoms in total. The predicted octanol–water partition coefficient (Wildman–Crippen LogP) is 2.52. The minimum atomic E-state index is -0.647. The Balaban J connectivity index is 1.84. The summed E-state index contributed by atoms with van der Waals surface area (Å²) in [6.07, 6.45) is 3.29. The quantitative estimate of drug-likeness (QED) is 0.923. The van der Waals surface area contributed by atoms with Crippen molar-refractivity contribution in [2.45, 2.75) is 44.6 Å². The number of hydrogen-bond acceptors (Lipinski definition) is 2. The maximum atomic E-state index is 12.8. The number of carbonyl (C=O) groups is 1. The van der Waals surface area contributed by atoms with Crippen molar-refractivity contribution in [2.75, 3.05) is 13.1 Å². The van der Waals surface area contributed by atoms with Crippen molar-refractivity contribution in [3.63, 3.8) is 0 Å². The summed E-state index contributed by atoms with van der Waals surface area (Å²) in [5, 5.41) is 10.0. The van der Waals surface area contributed by atoms with Gasteiger partial charge in [-0.25, -0.2) is 4.39 Å². The van der Waals surface area contributed by atoms with Crippen molar-refractivity contribution in [1.29, 1.82) is 0 Å². The number of rotatable bonds is 3. The van der Waals surface area contributed by atoms with Crippen LogP contribution in [0.4, 0.5) is 4.39 Å². The van der Waals surface area contributed by atoms with E-state index in [0.717, 1.165) is 24.9 Å². The van der Waals surface area contributed by atoms with E-state index in [0.29, 0.717) is 25.8 Å². The molecule has 0 radical (unpaired) electrons. The molecular weight excluding hydrogens is 257 g/mol. The number of hydrogen-bond donors (Lipinski definition) is 1. The number of halogens is 1. The van der Waals surface area contributed by atoms with Gasteiger partial charge in [0.05, 0.1) is 5.60 Å². The molecule has 110 valence electrons. The lowest BCUT2D eigenvalue weighted by atomic mass is 9.98. The van der Waals surface area contributed by atoms with Gasteiger partial charge in [-0.1, -0.05) is 12.1 Å². The van der Waals surface area contributed by atoms with Crippen LogP contribution in [-0.4, -0.2) is 34.6 Å². The fraction of sp³-hybridized carbons (Fsp3) is 0.562. The molecule has 1 aromatic carbocycles. The largest absolute Gasteiger partial charge is 0.390 e. The molecule has 1 atom stereocenters. The summed E-state index contributed by atoms with van der Waals surface area (Å²) < 4.78 is 12.8. The Morgan fingerprint density at radius 2 is 2.00 bits per heavy atom. The summed E-state index contributed by atoms with van der Waals surface area (Å²) in [5.74, 6) is -0.137. The topological polar surface area (TPSA) is 40.5 Å². The van der Waals surface area contributed by atoms with Crippen LogP contribution in [-0.2, 0) is 11.2 Å². The number of carbonyl (C=O) groups excluding carboxylic acids is 1. The third-order valence-electron chi connectivity index (χ3n) is 3.96. The van der Waals surface area contributed by atoms with Gasteiger partial charge in [-0.15, -0.1) is 0 Å². The molecule has 1 aliphatic heterocycles. The van der Waals surface area contributed by atoms with Gasteiger partial charge in [-0.2, -0.15) is 0 Å². The Hall–Kier alpha value is -1.42. The normalized spacial score (nSPS) is 23.4. The SMILES string of the molecule is CC1(O)CCCN(C(=O)CCc2ccc(F)cc2)CC1. The van der Waals surface area contributed by atoms with Gasteiger partial charge in [0.15, 0.2) is 0 Å². The molecule has 0 spiro atoms. The van der Waals surface area contributed by atoms with Gasteiger partial charge in [0, 0.05) is 19.5 Å². The van der Waals surface area contributed by atoms with E-state index in [1.807, 2.05) is 11.8 Å². The first-order valence-electron chi connectivity index (χ1n) is 7.21. The fourth-order valence-electron chi connectivity index (χ4n) is 2.57. The monoisotopic (exact) mass is 279 g/mol. The molecule has 4 heteroatoms. The van der Waals surface area contributed by atoms with Gasteiger partial charge >= 0.3 is 0 Å². The second-order valence-electron chi connectivity index (χ2n) is 5.86. The fourth-order valence-corrected chi connectivity index (χ4v) is 2.57. The molecule has 0 saturated carbocycles. The van der Waals surface area contributed by atoms with Crippen molar-refractivity contribution in [3.05, 3.63) is 35.6 Å². The van der Waals surface area contributed by atoms with Crippen LogP contribution < -0.4 is 0 Å². The number of nitrogens with zero attached hydrogens (tertiary/aromatic N) is 1. The van der Waals surface area contributed by atoms with E-state index in [1.165, 1.54) is 12.1 Å². The number of benzene rings is 1. The molecule has 1 aromatic rings. The van der Waals surface area contributed by atoms with Crippen LogP contribution in [0.15, 0.2) is 24.3 Å². The van der Waals surface area contributed by atoms with E-state index in [-0.39, 0.29) is 11.7 Å². The van der Waals surface area contributed by atoms with Gasteiger partial charge in [0.1, 0.15) is 5.82 Å². The van der Waals surface area contributed by atoms with E-state index in [9.17, 15) is 14.3 Å². The highest BCUT2D eigenvalue weighted by Gasteiger charge is 2.26. The maximum Gasteiger partial charge on any atom is 0.222 e. The van der Waals surface area contributed by atoms with Gasteiger partial charge in [-0.05, 0) is 50.3 Å². The van der Waals surface area contributed by atoms with Crippen molar-refractivity contribution >= 4 is 5.91 Å². The van der Waals surface area contributed by atoms with E-state index in [4.69, 9.17) is 0 Å². The molecule has 1 fully saturated rings. The van der Waals surface area contributed by atoms with Gasteiger partial charge in [-0.3, -0.25) is 4.79 Å². The van der Waals surface area contributed by atoms with Crippen molar-refractivity contribution < 1.29 is 14.3 Å². The molecule has 1 amide bonds. The molecule has 1 saturated heterocycles. The van der Waals surface area contributed by atoms with E-state index >= 15 is 0 Å². The molecule has 0 bridgehead atoms. The Bertz CT molecular complexity index is 456. The van der Waals surface area contributed by atoms with E-state index in [1.54, 1.807) is 12.1 Å². The maximum absolute atomic E-state index is 12.8. The third-order valence-corrected chi connectivity index (χ3v) is 3.96. The molecule has 0 aromatic heterocycles. The van der Waals surface area contributed by atoms with Crippen LogP contribution >= 0.6 is 0 Å². The third kappa shape index (κ3) is 4.30. The predicted molar refractivity (Wildman–Crippen MR) is 75.8 cm³/mol. The number of likely N-dealkylation sites (tertiary alicyclic amines) is 1. The van der Waals surface area contributed by atoms with Crippen LogP contribution in [0.1, 0.15) is 38.2 Å². The molecule has 1 unspecified atom stereocenters. The van der Waals surface area contributed by atoms with Crippen LogP contribution in [0.3, 0.4) is 0 Å². The molecule has 1 heterocycles. The lowest BCUT2D eigenvalue weighted by Crippen LogP contribution is -2.33. The molecule has 1 aliphatic rings. The molecule has 1 N–H and O–H groups in total. The molecular formula is C16H22FNO2. The standard InChI is InChI=1S/C16H22FNO2/c1-16(20)9-2-11-18(12-10-16)15(19)8-5-13-3-6-14(17)7-4-13/h3-4,6-7,20H,2,5,8-12H2,1H3. The van der Waals surface area contributed by atoms with Crippen LogP contribution in [0, 0.1) is 5.82 Å². The zero-order valence-electron chi connectivity index (χ0n) is 11.9. The van der Waals surface area contributed by atoms with Crippen molar-refractivity contribution in [2.24, 2.45) is 0 Å². The van der Waals surface area contributed by atoms with Gasteiger partial charge in [0.25, 0.3) is 0 Å². The first-order chi connectivity index (χ1) is 9.46. The summed E-state index contributed by atoms with van der Waals surface area (Å²) in [7, 11) is 0. The molecule has 20 heavy (non-hydrogen) atoms. The van der Waals surface area contributed by atoms with E-state index in [2.05, 4.69) is 0 Å². The van der Waals surface area contributed by atoms with Crippen molar-refractivity contribution in [3.8, 4) is 0 Å². The highest BCUT2D eigenvalue weighted by molar-refractivity contribution is 5.76. The lowest BCUT2D eigenvalue weighted by Gasteiger charge is -2.22. The average Bonchev–Trinajstić information content (AvgIpc) is 2.59. The first-order valence-corrected chi connectivity index (χ1v) is 7.21. The summed E-state index contributed by atoms with van der Waals surface area (Å²) in [4.78, 5) is 14.0. The van der Waals surface area contributed by atoms with E-state index < -0.39 is 5.60 Å². The first kappa shape index (κ1) is 15.0. The zero-order chi connectivity index (χ0) is 14.6. The number of aryl methyl sites for hydroxylation is 1. The second kappa shape index (κ2) is 6.35. The summed E-state index contributed by atoms with van der Waals surface area (Å²) in [6, 6.07) is 6.28. The highest BCUT2D eigenvalue weighted by Crippen LogP contribution is 2.21. The Morgan fingerprint density at radius 1 is 1.30 bits per heavy atom. The van der Waals surface area contributed by atoms with Crippen molar-refractivity contribution in [1.82, 2.24) is 4.90 Å². The highest BCUT2D eigenvalue weighted by atomic mass is 19.1. The number of amides is 1. The van der Waals surface area contributed by atoms with Crippen LogP contribution in [0.25, 0.3) is 0 Å². The Kier molecular flexibility index (Phi) is 4.76. The summed E-state index contributed by atoms with van der Waals surface area (Å²) in [5.41, 5.74) is 0.327. The Morgan fingerprint density at radius 3 is 2.70 bits per heavy atom.